The maximum absolute atomic E-state index is 15.9. The average Bonchev–Trinajstić information content (AvgIpc) is 3.37. The Morgan fingerprint density at radius 1 is 0.941 bits per heavy atom. The third kappa shape index (κ3) is 3.50. The van der Waals surface area contributed by atoms with Gasteiger partial charge in [-0.3, -0.25) is 5.32 Å². The van der Waals surface area contributed by atoms with Gasteiger partial charge in [0.2, 0.25) is 0 Å². The van der Waals surface area contributed by atoms with Gasteiger partial charge < -0.3 is 4.74 Å². The molecule has 1 fully saturated rings. The van der Waals surface area contributed by atoms with Crippen molar-refractivity contribution < 1.29 is 22.7 Å². The molecule has 1 saturated carbocycles. The Hall–Kier alpha value is -2.86. The number of ether oxygens (including phenoxy) is 1. The largest absolute Gasteiger partial charge is 0.467 e. The number of benzene rings is 3. The van der Waals surface area contributed by atoms with Gasteiger partial charge in [0, 0.05) is 0 Å². The number of fused-ring (bicyclic) bond motifs is 1. The van der Waals surface area contributed by atoms with Crippen LogP contribution in [0.1, 0.15) is 43.7 Å². The quantitative estimate of drug-likeness (QED) is 0.401. The molecule has 180 valence electrons. The highest BCUT2D eigenvalue weighted by molar-refractivity contribution is 5.95. The smallest absolute Gasteiger partial charge is 0.401 e. The van der Waals surface area contributed by atoms with E-state index in [9.17, 15) is 4.79 Å². The number of carbonyl (C=O) groups excluding carboxylic acids is 1. The molecule has 4 rings (SSSR count). The first-order chi connectivity index (χ1) is 16.3. The van der Waals surface area contributed by atoms with Crippen molar-refractivity contribution in [1.29, 1.82) is 0 Å². The molecule has 0 saturated heterocycles. The Morgan fingerprint density at radius 3 is 2.18 bits per heavy atom. The maximum Gasteiger partial charge on any atom is 0.401 e. The number of nitrogens with one attached hydrogen (secondary N) is 1. The zero-order valence-corrected chi connectivity index (χ0v) is 19.5. The van der Waals surface area contributed by atoms with E-state index in [1.807, 2.05) is 18.2 Å². The van der Waals surface area contributed by atoms with Crippen LogP contribution in [-0.4, -0.2) is 25.8 Å². The second-order valence-corrected chi connectivity index (χ2v) is 8.95. The van der Waals surface area contributed by atoms with E-state index in [1.54, 1.807) is 49.4 Å². The van der Waals surface area contributed by atoms with Crippen molar-refractivity contribution in [3.05, 3.63) is 83.9 Å². The van der Waals surface area contributed by atoms with Gasteiger partial charge in [-0.25, -0.2) is 4.79 Å². The molecule has 6 heteroatoms. The van der Waals surface area contributed by atoms with Gasteiger partial charge in [-0.15, -0.1) is 0 Å². The molecule has 2 unspecified atom stereocenters. The molecule has 0 radical (unpaired) electrons. The molecular formula is C28H30F3NO2. The molecule has 0 aliphatic heterocycles. The van der Waals surface area contributed by atoms with E-state index in [1.165, 1.54) is 19.2 Å². The van der Waals surface area contributed by atoms with Crippen LogP contribution in [0.5, 0.6) is 0 Å². The number of methoxy groups -OCH3 is 1. The lowest BCUT2D eigenvalue weighted by molar-refractivity contribution is -0.239. The van der Waals surface area contributed by atoms with Gasteiger partial charge in [0.15, 0.2) is 5.54 Å². The Morgan fingerprint density at radius 2 is 1.56 bits per heavy atom. The molecule has 0 aromatic heterocycles. The Balaban J connectivity index is 2.24. The van der Waals surface area contributed by atoms with Crippen LogP contribution >= 0.6 is 0 Å². The fourth-order valence-electron chi connectivity index (χ4n) is 6.19. The fourth-order valence-corrected chi connectivity index (χ4v) is 6.19. The summed E-state index contributed by atoms with van der Waals surface area (Å²) in [4.78, 5) is 13.9. The number of hydrogen-bond donors (Lipinski definition) is 1. The number of likely N-dealkylation sites (N-methyl/N-ethyl adjacent to an activating group) is 1. The van der Waals surface area contributed by atoms with Gasteiger partial charge in [-0.05, 0) is 47.2 Å². The minimum atomic E-state index is -4.75. The Labute approximate surface area is 198 Å². The zero-order chi connectivity index (χ0) is 24.4. The number of esters is 1. The van der Waals surface area contributed by atoms with Gasteiger partial charge in [0.05, 0.1) is 7.11 Å². The van der Waals surface area contributed by atoms with Crippen molar-refractivity contribution in [2.75, 3.05) is 13.7 Å². The molecule has 1 N–H and O–H groups in total. The monoisotopic (exact) mass is 469 g/mol. The maximum atomic E-state index is 15.9. The van der Waals surface area contributed by atoms with Crippen molar-refractivity contribution in [1.82, 2.24) is 5.32 Å². The molecule has 0 amide bonds. The van der Waals surface area contributed by atoms with Crippen LogP contribution in [0.4, 0.5) is 13.2 Å². The van der Waals surface area contributed by atoms with Crippen LogP contribution in [0.15, 0.2) is 72.8 Å². The third-order valence-electron chi connectivity index (χ3n) is 7.36. The lowest BCUT2D eigenvalue weighted by Gasteiger charge is -2.53. The lowest BCUT2D eigenvalue weighted by Crippen LogP contribution is -2.71. The summed E-state index contributed by atoms with van der Waals surface area (Å²) in [5, 5.41) is 4.45. The molecule has 34 heavy (non-hydrogen) atoms. The van der Waals surface area contributed by atoms with Crippen molar-refractivity contribution in [2.24, 2.45) is 5.92 Å². The summed E-state index contributed by atoms with van der Waals surface area (Å²) in [6.45, 7) is 1.87. The summed E-state index contributed by atoms with van der Waals surface area (Å²) >= 11 is 0. The first-order valence-corrected chi connectivity index (χ1v) is 11.8. The molecule has 2 atom stereocenters. The first-order valence-electron chi connectivity index (χ1n) is 11.8. The minimum Gasteiger partial charge on any atom is -0.467 e. The topological polar surface area (TPSA) is 38.3 Å². The molecular weight excluding hydrogens is 439 g/mol. The predicted octanol–water partition coefficient (Wildman–Crippen LogP) is 6.51. The molecule has 3 aromatic carbocycles. The summed E-state index contributed by atoms with van der Waals surface area (Å²) in [5.41, 5.74) is -4.36. The summed E-state index contributed by atoms with van der Waals surface area (Å²) in [7, 11) is 1.17. The van der Waals surface area contributed by atoms with Crippen LogP contribution in [0.2, 0.25) is 0 Å². The predicted molar refractivity (Wildman–Crippen MR) is 127 cm³/mol. The van der Waals surface area contributed by atoms with E-state index >= 15 is 13.2 Å². The second kappa shape index (κ2) is 9.41. The SMILES string of the molecule is CCNC(C(=O)OC)(c1cccc2ccccc12)C(c1ccccc1)(C1CCCC1)C(F)(F)F. The standard InChI is InChI=1S/C28H30F3NO2/c1-3-32-27(25(33)34-2,24-19-11-13-20-12-7-10-18-23(20)24)26(28(29,30)31,22-16-8-9-17-22)21-14-5-4-6-15-21/h4-7,10-15,18-19,22,32H,3,8-9,16-17H2,1-2H3. The van der Waals surface area contributed by atoms with Crippen molar-refractivity contribution in [3.8, 4) is 0 Å². The highest BCUT2D eigenvalue weighted by Gasteiger charge is 2.74. The Kier molecular flexibility index (Phi) is 6.72. The summed E-state index contributed by atoms with van der Waals surface area (Å²) in [6.07, 6.45) is -2.62. The van der Waals surface area contributed by atoms with Crippen LogP contribution < -0.4 is 5.32 Å². The first kappa shape index (κ1) is 24.3. The van der Waals surface area contributed by atoms with Gasteiger partial charge >= 0.3 is 12.1 Å². The van der Waals surface area contributed by atoms with E-state index in [0.29, 0.717) is 31.1 Å². The van der Waals surface area contributed by atoms with Crippen LogP contribution in [0.3, 0.4) is 0 Å². The minimum absolute atomic E-state index is 0.0775. The zero-order valence-electron chi connectivity index (χ0n) is 19.5. The summed E-state index contributed by atoms with van der Waals surface area (Å²) < 4.78 is 52.8. The van der Waals surface area contributed by atoms with E-state index < -0.39 is 29.0 Å². The molecule has 1 aliphatic carbocycles. The van der Waals surface area contributed by atoms with E-state index in [0.717, 1.165) is 5.39 Å². The van der Waals surface area contributed by atoms with E-state index in [2.05, 4.69) is 5.32 Å². The van der Waals surface area contributed by atoms with Gasteiger partial charge in [0.1, 0.15) is 5.41 Å². The van der Waals surface area contributed by atoms with Crippen molar-refractivity contribution >= 4 is 16.7 Å². The number of rotatable bonds is 7. The number of carbonyl (C=O) groups is 1. The third-order valence-corrected chi connectivity index (χ3v) is 7.36. The molecule has 0 heterocycles. The fraction of sp³-hybridized carbons (Fsp3) is 0.393. The molecule has 1 aliphatic rings. The van der Waals surface area contributed by atoms with E-state index in [-0.39, 0.29) is 17.7 Å². The molecule has 0 spiro atoms. The Bertz CT molecular complexity index is 1140. The van der Waals surface area contributed by atoms with Gasteiger partial charge in [0.25, 0.3) is 0 Å². The van der Waals surface area contributed by atoms with Crippen LogP contribution in [-0.2, 0) is 20.5 Å². The van der Waals surface area contributed by atoms with Crippen molar-refractivity contribution in [2.45, 2.75) is 49.7 Å². The number of alkyl halides is 3. The number of halogens is 3. The molecule has 3 nitrogen and oxygen atoms in total. The summed E-state index contributed by atoms with van der Waals surface area (Å²) in [6, 6.07) is 20.4. The highest BCUT2D eigenvalue weighted by Crippen LogP contribution is 2.61. The highest BCUT2D eigenvalue weighted by atomic mass is 19.4. The summed E-state index contributed by atoms with van der Waals surface area (Å²) in [5.74, 6) is -1.73. The second-order valence-electron chi connectivity index (χ2n) is 8.95. The normalized spacial score (nSPS) is 18.4. The van der Waals surface area contributed by atoms with E-state index in [4.69, 9.17) is 4.74 Å². The average molecular weight is 470 g/mol. The van der Waals surface area contributed by atoms with Crippen molar-refractivity contribution in [3.63, 3.8) is 0 Å². The van der Waals surface area contributed by atoms with Crippen LogP contribution in [0.25, 0.3) is 10.8 Å². The molecule has 3 aromatic rings. The van der Waals surface area contributed by atoms with Crippen LogP contribution in [0, 0.1) is 5.92 Å². The lowest BCUT2D eigenvalue weighted by atomic mass is 9.54. The molecule has 0 bridgehead atoms. The van der Waals surface area contributed by atoms with Gasteiger partial charge in [-0.1, -0.05) is 92.6 Å². The number of hydrogen-bond acceptors (Lipinski definition) is 3. The van der Waals surface area contributed by atoms with Gasteiger partial charge in [-0.2, -0.15) is 13.2 Å².